The minimum absolute atomic E-state index is 0.0427. The van der Waals surface area contributed by atoms with Crippen molar-refractivity contribution in [2.45, 2.75) is 6.61 Å². The number of hydrogen-bond acceptors (Lipinski definition) is 5. The van der Waals surface area contributed by atoms with Gasteiger partial charge in [0, 0.05) is 20.8 Å². The highest BCUT2D eigenvalue weighted by Gasteiger charge is 2.19. The summed E-state index contributed by atoms with van der Waals surface area (Å²) in [5.41, 5.74) is 0.331. The molecule has 3 rings (SSSR count). The standard InChI is InChI=1S/C18H11Cl2F2NO4S/c19-9-1-6-12-13(7-9)28-16(15(12)20)17(25)26-8-14(24)23-10-2-4-11(5-3-10)27-18(21)22/h1-7,18H,8H2,(H,23,24). The first-order valence-corrected chi connectivity index (χ1v) is 9.30. The number of hydrogen-bond donors (Lipinski definition) is 1. The molecule has 10 heteroatoms. The van der Waals surface area contributed by atoms with Crippen molar-refractivity contribution in [2.24, 2.45) is 0 Å². The quantitative estimate of drug-likeness (QED) is 0.501. The molecule has 3 aromatic rings. The fourth-order valence-corrected chi connectivity index (χ4v) is 3.96. The Morgan fingerprint density at radius 2 is 1.82 bits per heavy atom. The highest BCUT2D eigenvalue weighted by Crippen LogP contribution is 2.37. The summed E-state index contributed by atoms with van der Waals surface area (Å²) >= 11 is 13.2. The van der Waals surface area contributed by atoms with Gasteiger partial charge in [0.2, 0.25) is 0 Å². The molecule has 146 valence electrons. The molecule has 0 fully saturated rings. The number of carbonyl (C=O) groups is 2. The lowest BCUT2D eigenvalue weighted by Crippen LogP contribution is -2.20. The van der Waals surface area contributed by atoms with Gasteiger partial charge in [-0.25, -0.2) is 4.79 Å². The monoisotopic (exact) mass is 445 g/mol. The molecule has 0 unspecified atom stereocenters. The summed E-state index contributed by atoms with van der Waals surface area (Å²) in [6.07, 6.45) is 0. The Hall–Kier alpha value is -2.42. The highest BCUT2D eigenvalue weighted by atomic mass is 35.5. The maximum atomic E-state index is 12.2. The van der Waals surface area contributed by atoms with Gasteiger partial charge in [-0.2, -0.15) is 8.78 Å². The number of anilines is 1. The van der Waals surface area contributed by atoms with E-state index in [4.69, 9.17) is 27.9 Å². The second kappa shape index (κ2) is 8.72. The Labute approximate surface area is 171 Å². The molecule has 0 aliphatic carbocycles. The summed E-state index contributed by atoms with van der Waals surface area (Å²) in [4.78, 5) is 24.3. The van der Waals surface area contributed by atoms with Crippen LogP contribution in [0.1, 0.15) is 9.67 Å². The minimum Gasteiger partial charge on any atom is -0.451 e. The van der Waals surface area contributed by atoms with Crippen LogP contribution in [0, 0.1) is 0 Å². The molecule has 2 aromatic carbocycles. The van der Waals surface area contributed by atoms with Crippen molar-refractivity contribution in [1.29, 1.82) is 0 Å². The van der Waals surface area contributed by atoms with Crippen LogP contribution in [0.2, 0.25) is 10.0 Å². The van der Waals surface area contributed by atoms with Gasteiger partial charge in [0.05, 0.1) is 5.02 Å². The molecule has 1 N–H and O–H groups in total. The second-order valence-corrected chi connectivity index (χ2v) is 7.28. The lowest BCUT2D eigenvalue weighted by molar-refractivity contribution is -0.119. The summed E-state index contributed by atoms with van der Waals surface area (Å²) in [6, 6.07) is 10.3. The van der Waals surface area contributed by atoms with Crippen LogP contribution in [0.3, 0.4) is 0 Å². The van der Waals surface area contributed by atoms with Crippen LogP contribution >= 0.6 is 34.5 Å². The van der Waals surface area contributed by atoms with Gasteiger partial charge in [0.15, 0.2) is 6.61 Å². The number of fused-ring (bicyclic) bond motifs is 1. The topological polar surface area (TPSA) is 64.6 Å². The molecule has 0 saturated carbocycles. The minimum atomic E-state index is -2.93. The molecule has 28 heavy (non-hydrogen) atoms. The molecular formula is C18H11Cl2F2NO4S. The zero-order valence-corrected chi connectivity index (χ0v) is 16.2. The number of halogens is 4. The maximum Gasteiger partial charge on any atom is 0.387 e. The summed E-state index contributed by atoms with van der Waals surface area (Å²) < 4.78 is 34.1. The molecule has 0 saturated heterocycles. The number of rotatable bonds is 6. The van der Waals surface area contributed by atoms with Crippen LogP contribution in [0.15, 0.2) is 42.5 Å². The van der Waals surface area contributed by atoms with Crippen molar-refractivity contribution in [3.63, 3.8) is 0 Å². The third kappa shape index (κ3) is 4.89. The van der Waals surface area contributed by atoms with Gasteiger partial charge in [-0.05, 0) is 36.4 Å². The molecule has 0 aliphatic heterocycles. The van der Waals surface area contributed by atoms with Crippen molar-refractivity contribution >= 4 is 62.2 Å². The van der Waals surface area contributed by atoms with Gasteiger partial charge in [0.1, 0.15) is 10.6 Å². The molecule has 0 aliphatic rings. The van der Waals surface area contributed by atoms with E-state index < -0.39 is 25.1 Å². The molecule has 1 heterocycles. The van der Waals surface area contributed by atoms with Gasteiger partial charge in [0.25, 0.3) is 5.91 Å². The number of carbonyl (C=O) groups excluding carboxylic acids is 2. The Balaban J connectivity index is 1.58. The van der Waals surface area contributed by atoms with E-state index in [1.165, 1.54) is 24.3 Å². The Morgan fingerprint density at radius 1 is 1.11 bits per heavy atom. The van der Waals surface area contributed by atoms with Crippen molar-refractivity contribution < 1.29 is 27.8 Å². The number of benzene rings is 2. The lowest BCUT2D eigenvalue weighted by Gasteiger charge is -2.08. The number of amides is 1. The zero-order valence-electron chi connectivity index (χ0n) is 13.9. The maximum absolute atomic E-state index is 12.2. The van der Waals surface area contributed by atoms with E-state index in [1.807, 2.05) is 0 Å². The molecule has 1 amide bonds. The van der Waals surface area contributed by atoms with Gasteiger partial charge < -0.3 is 14.8 Å². The lowest BCUT2D eigenvalue weighted by atomic mass is 10.2. The van der Waals surface area contributed by atoms with Gasteiger partial charge in [-0.3, -0.25) is 4.79 Å². The number of ether oxygens (including phenoxy) is 2. The predicted octanol–water partition coefficient (Wildman–Crippen LogP) is 5.61. The van der Waals surface area contributed by atoms with Gasteiger partial charge in [-0.1, -0.05) is 29.3 Å². The molecular weight excluding hydrogens is 435 g/mol. The number of esters is 1. The van der Waals surface area contributed by atoms with Crippen molar-refractivity contribution in [2.75, 3.05) is 11.9 Å². The van der Waals surface area contributed by atoms with E-state index >= 15 is 0 Å². The Morgan fingerprint density at radius 3 is 2.50 bits per heavy atom. The molecule has 0 radical (unpaired) electrons. The highest BCUT2D eigenvalue weighted by molar-refractivity contribution is 7.21. The zero-order chi connectivity index (χ0) is 20.3. The third-order valence-corrected chi connectivity index (χ3v) is 5.35. The Kier molecular flexibility index (Phi) is 6.33. The summed E-state index contributed by atoms with van der Waals surface area (Å²) in [6.45, 7) is -3.48. The first kappa shape index (κ1) is 20.3. The first-order chi connectivity index (χ1) is 13.3. The number of nitrogens with one attached hydrogen (secondary N) is 1. The van der Waals surface area contributed by atoms with Crippen molar-refractivity contribution in [1.82, 2.24) is 0 Å². The smallest absolute Gasteiger partial charge is 0.387 e. The normalized spacial score (nSPS) is 10.9. The molecule has 0 bridgehead atoms. The van der Waals surface area contributed by atoms with E-state index in [-0.39, 0.29) is 15.6 Å². The first-order valence-electron chi connectivity index (χ1n) is 7.73. The van der Waals surface area contributed by atoms with Crippen LogP contribution < -0.4 is 10.1 Å². The van der Waals surface area contributed by atoms with Crippen LogP contribution in [-0.4, -0.2) is 25.1 Å². The van der Waals surface area contributed by atoms with E-state index in [0.29, 0.717) is 16.1 Å². The third-order valence-electron chi connectivity index (χ3n) is 3.47. The van der Waals surface area contributed by atoms with E-state index in [2.05, 4.69) is 10.1 Å². The van der Waals surface area contributed by atoms with Crippen molar-refractivity contribution in [3.05, 3.63) is 57.4 Å². The average Bonchev–Trinajstić information content (AvgIpc) is 2.97. The van der Waals surface area contributed by atoms with E-state index in [9.17, 15) is 18.4 Å². The molecule has 1 aromatic heterocycles. The predicted molar refractivity (Wildman–Crippen MR) is 104 cm³/mol. The molecule has 0 atom stereocenters. The summed E-state index contributed by atoms with van der Waals surface area (Å²) in [7, 11) is 0. The number of thiophene rings is 1. The average molecular weight is 446 g/mol. The van der Waals surface area contributed by atoms with Crippen LogP contribution in [-0.2, 0) is 9.53 Å². The number of alkyl halides is 2. The molecule has 5 nitrogen and oxygen atoms in total. The fourth-order valence-electron chi connectivity index (χ4n) is 2.28. The SMILES string of the molecule is O=C(COC(=O)c1sc2cc(Cl)ccc2c1Cl)Nc1ccc(OC(F)F)cc1. The van der Waals surface area contributed by atoms with Gasteiger partial charge >= 0.3 is 12.6 Å². The molecule has 0 spiro atoms. The van der Waals surface area contributed by atoms with Gasteiger partial charge in [-0.15, -0.1) is 11.3 Å². The van der Waals surface area contributed by atoms with E-state index in [1.54, 1.807) is 18.2 Å². The summed E-state index contributed by atoms with van der Waals surface area (Å²) in [5.74, 6) is -1.38. The van der Waals surface area contributed by atoms with Crippen LogP contribution in [0.4, 0.5) is 14.5 Å². The summed E-state index contributed by atoms with van der Waals surface area (Å²) in [5, 5.41) is 3.88. The largest absolute Gasteiger partial charge is 0.451 e. The second-order valence-electron chi connectivity index (χ2n) is 5.41. The van der Waals surface area contributed by atoms with Crippen LogP contribution in [0.25, 0.3) is 10.1 Å². The Bertz CT molecular complexity index is 1020. The fraction of sp³-hybridized carbons (Fsp3) is 0.111. The van der Waals surface area contributed by atoms with E-state index in [0.717, 1.165) is 16.0 Å². The van der Waals surface area contributed by atoms with Crippen molar-refractivity contribution in [3.8, 4) is 5.75 Å². The van der Waals surface area contributed by atoms with Crippen LogP contribution in [0.5, 0.6) is 5.75 Å².